The van der Waals surface area contributed by atoms with Crippen molar-refractivity contribution < 1.29 is 0 Å². The summed E-state index contributed by atoms with van der Waals surface area (Å²) in [7, 11) is 0. The highest BCUT2D eigenvalue weighted by Crippen LogP contribution is 1.98. The number of nitrogens with zero attached hydrogens (tertiary/aromatic N) is 2. The Morgan fingerprint density at radius 3 is 2.76 bits per heavy atom. The first-order valence-corrected chi connectivity index (χ1v) is 5.74. The second kappa shape index (κ2) is 5.89. The first-order valence-electron chi connectivity index (χ1n) is 5.74. The van der Waals surface area contributed by atoms with Gasteiger partial charge in [-0.3, -0.25) is 15.3 Å². The highest BCUT2D eigenvalue weighted by molar-refractivity contribution is 5.98. The summed E-state index contributed by atoms with van der Waals surface area (Å²) < 4.78 is 0. The van der Waals surface area contributed by atoms with Crippen molar-refractivity contribution in [3.05, 3.63) is 35.9 Å². The van der Waals surface area contributed by atoms with E-state index in [1.165, 1.54) is 5.56 Å². The van der Waals surface area contributed by atoms with E-state index in [1.54, 1.807) is 0 Å². The van der Waals surface area contributed by atoms with Gasteiger partial charge in [-0.15, -0.1) is 0 Å². The minimum atomic E-state index is 0.425. The smallest absolute Gasteiger partial charge is 0.198 e. The van der Waals surface area contributed by atoms with E-state index in [0.717, 1.165) is 13.0 Å². The zero-order valence-corrected chi connectivity index (χ0v) is 9.69. The third-order valence-electron chi connectivity index (χ3n) is 2.45. The van der Waals surface area contributed by atoms with Gasteiger partial charge >= 0.3 is 0 Å². The number of nitrogens with two attached hydrogens (primary N) is 1. The summed E-state index contributed by atoms with van der Waals surface area (Å²) >= 11 is 0. The molecule has 1 aromatic carbocycles. The summed E-state index contributed by atoms with van der Waals surface area (Å²) in [6, 6.07) is 10.3. The van der Waals surface area contributed by atoms with Crippen LogP contribution in [0.5, 0.6) is 0 Å². The molecular formula is C12H17N5. The maximum atomic E-state index is 5.63. The van der Waals surface area contributed by atoms with Crippen molar-refractivity contribution in [1.29, 1.82) is 0 Å². The van der Waals surface area contributed by atoms with E-state index in [-0.39, 0.29) is 0 Å². The van der Waals surface area contributed by atoms with Gasteiger partial charge in [0.25, 0.3) is 0 Å². The number of nitrogens with one attached hydrogen (secondary N) is 2. The largest absolute Gasteiger partial charge is 0.370 e. The predicted molar refractivity (Wildman–Crippen MR) is 70.1 cm³/mol. The molecule has 1 heterocycles. The molecule has 17 heavy (non-hydrogen) atoms. The van der Waals surface area contributed by atoms with Crippen molar-refractivity contribution >= 4 is 11.9 Å². The lowest BCUT2D eigenvalue weighted by atomic mass is 10.1. The van der Waals surface area contributed by atoms with Gasteiger partial charge in [-0.05, 0) is 12.0 Å². The van der Waals surface area contributed by atoms with Gasteiger partial charge in [0, 0.05) is 6.54 Å². The van der Waals surface area contributed by atoms with E-state index in [0.29, 0.717) is 25.0 Å². The third-order valence-corrected chi connectivity index (χ3v) is 2.45. The van der Waals surface area contributed by atoms with E-state index >= 15 is 0 Å². The molecule has 0 spiro atoms. The number of rotatable bonds is 3. The number of hydrogen-bond acceptors (Lipinski definition) is 5. The molecule has 0 bridgehead atoms. The lowest BCUT2D eigenvalue weighted by Crippen LogP contribution is -2.44. The van der Waals surface area contributed by atoms with Gasteiger partial charge in [-0.1, -0.05) is 30.3 Å². The average Bonchev–Trinajstić information content (AvgIpc) is 2.55. The summed E-state index contributed by atoms with van der Waals surface area (Å²) in [5.41, 5.74) is 6.93. The standard InChI is InChI=1S/C12H17N5/c13-11-14-8-9-16-12(17-11)15-7-6-10-4-2-1-3-5-10/h1-5H,6-9H2,(H4,13,14,15,16,17). The van der Waals surface area contributed by atoms with Gasteiger partial charge in [-0.2, -0.15) is 0 Å². The van der Waals surface area contributed by atoms with Crippen molar-refractivity contribution in [1.82, 2.24) is 10.6 Å². The molecule has 0 aliphatic carbocycles. The van der Waals surface area contributed by atoms with E-state index in [9.17, 15) is 0 Å². The van der Waals surface area contributed by atoms with Crippen molar-refractivity contribution in [3.63, 3.8) is 0 Å². The van der Waals surface area contributed by atoms with Crippen LogP contribution < -0.4 is 16.4 Å². The predicted octanol–water partition coefficient (Wildman–Crippen LogP) is 0.0926. The first kappa shape index (κ1) is 11.4. The zero-order valence-electron chi connectivity index (χ0n) is 9.69. The monoisotopic (exact) mass is 231 g/mol. The van der Waals surface area contributed by atoms with Crippen LogP contribution in [-0.4, -0.2) is 31.6 Å². The molecule has 1 aliphatic heterocycles. The molecule has 90 valence electrons. The van der Waals surface area contributed by atoms with Crippen LogP contribution >= 0.6 is 0 Å². The Labute approximate surface area is 101 Å². The lowest BCUT2D eigenvalue weighted by Gasteiger charge is -2.09. The summed E-state index contributed by atoms with van der Waals surface area (Å²) in [5.74, 6) is 1.13. The Morgan fingerprint density at radius 2 is 1.94 bits per heavy atom. The van der Waals surface area contributed by atoms with Crippen LogP contribution in [0, 0.1) is 0 Å². The molecule has 0 amide bonds. The van der Waals surface area contributed by atoms with Crippen LogP contribution in [0.25, 0.3) is 0 Å². The fourth-order valence-corrected chi connectivity index (χ4v) is 1.60. The number of guanidine groups is 2. The Kier molecular flexibility index (Phi) is 3.96. The fraction of sp³-hybridized carbons (Fsp3) is 0.333. The molecule has 0 unspecified atom stereocenters. The SMILES string of the molecule is NC1=NCCN=C(NCCc2ccccc2)N1. The van der Waals surface area contributed by atoms with Crippen LogP contribution in [-0.2, 0) is 6.42 Å². The molecule has 2 rings (SSSR count). The van der Waals surface area contributed by atoms with Crippen molar-refractivity contribution in [2.75, 3.05) is 19.6 Å². The quantitative estimate of drug-likeness (QED) is 0.690. The summed E-state index contributed by atoms with van der Waals surface area (Å²) in [6.45, 7) is 2.13. The van der Waals surface area contributed by atoms with Crippen molar-refractivity contribution in [2.45, 2.75) is 6.42 Å². The van der Waals surface area contributed by atoms with E-state index in [2.05, 4.69) is 32.8 Å². The number of aliphatic imine (C=N–C) groups is 2. The molecule has 0 saturated heterocycles. The molecule has 0 saturated carbocycles. The molecule has 4 N–H and O–H groups in total. The molecule has 5 nitrogen and oxygen atoms in total. The van der Waals surface area contributed by atoms with Crippen LogP contribution in [0.1, 0.15) is 5.56 Å². The van der Waals surface area contributed by atoms with Crippen LogP contribution in [0.2, 0.25) is 0 Å². The van der Waals surface area contributed by atoms with Gasteiger partial charge < -0.3 is 11.1 Å². The van der Waals surface area contributed by atoms with E-state index in [4.69, 9.17) is 5.73 Å². The highest BCUT2D eigenvalue weighted by atomic mass is 15.2. The van der Waals surface area contributed by atoms with Crippen LogP contribution in [0.4, 0.5) is 0 Å². The minimum Gasteiger partial charge on any atom is -0.370 e. The Balaban J connectivity index is 1.79. The molecule has 0 aromatic heterocycles. The topological polar surface area (TPSA) is 74.8 Å². The first-order chi connectivity index (χ1) is 8.34. The van der Waals surface area contributed by atoms with E-state index in [1.807, 2.05) is 18.2 Å². The highest BCUT2D eigenvalue weighted by Gasteiger charge is 2.03. The number of benzene rings is 1. The summed E-state index contributed by atoms with van der Waals surface area (Å²) in [6.07, 6.45) is 0.957. The third kappa shape index (κ3) is 3.79. The number of hydrogen-bond donors (Lipinski definition) is 3. The molecule has 0 fully saturated rings. The van der Waals surface area contributed by atoms with Crippen molar-refractivity contribution in [3.8, 4) is 0 Å². The molecule has 0 radical (unpaired) electrons. The van der Waals surface area contributed by atoms with Gasteiger partial charge in [0.05, 0.1) is 13.1 Å². The maximum absolute atomic E-state index is 5.63. The molecule has 0 atom stereocenters. The molecular weight excluding hydrogens is 214 g/mol. The Bertz CT molecular complexity index is 410. The van der Waals surface area contributed by atoms with Gasteiger partial charge in [0.2, 0.25) is 0 Å². The van der Waals surface area contributed by atoms with Gasteiger partial charge in [0.15, 0.2) is 11.9 Å². The zero-order chi connectivity index (χ0) is 11.9. The fourth-order valence-electron chi connectivity index (χ4n) is 1.60. The maximum Gasteiger partial charge on any atom is 0.198 e. The van der Waals surface area contributed by atoms with Gasteiger partial charge in [-0.25, -0.2) is 0 Å². The molecule has 1 aliphatic rings. The normalized spacial score (nSPS) is 15.3. The Hall–Kier alpha value is -2.04. The molecule has 1 aromatic rings. The lowest BCUT2D eigenvalue weighted by molar-refractivity contribution is 0.841. The van der Waals surface area contributed by atoms with E-state index < -0.39 is 0 Å². The summed E-state index contributed by atoms with van der Waals surface area (Å²) in [4.78, 5) is 8.37. The molecule has 5 heteroatoms. The average molecular weight is 231 g/mol. The van der Waals surface area contributed by atoms with Crippen LogP contribution in [0.15, 0.2) is 40.3 Å². The summed E-state index contributed by atoms with van der Waals surface area (Å²) in [5, 5.41) is 6.15. The second-order valence-corrected chi connectivity index (χ2v) is 3.78. The minimum absolute atomic E-state index is 0.425. The van der Waals surface area contributed by atoms with Crippen LogP contribution in [0.3, 0.4) is 0 Å². The second-order valence-electron chi connectivity index (χ2n) is 3.78. The van der Waals surface area contributed by atoms with Crippen molar-refractivity contribution in [2.24, 2.45) is 15.7 Å². The Morgan fingerprint density at radius 1 is 1.18 bits per heavy atom. The van der Waals surface area contributed by atoms with Gasteiger partial charge in [0.1, 0.15) is 0 Å².